The molecule has 0 bridgehead atoms. The van der Waals surface area contributed by atoms with Crippen LogP contribution in [0.15, 0.2) is 106 Å². The third kappa shape index (κ3) is 13.8. The second-order valence-corrected chi connectivity index (χ2v) is 19.9. The maximum absolute atomic E-state index is 14.9. The van der Waals surface area contributed by atoms with E-state index in [1.807, 2.05) is 18.2 Å². The lowest BCUT2D eigenvalue weighted by Crippen LogP contribution is -2.59. The van der Waals surface area contributed by atoms with Crippen LogP contribution in [0.2, 0.25) is 10.0 Å². The zero-order valence-corrected chi connectivity index (χ0v) is 46.5. The number of nitrogens with one attached hydrogen (secondary N) is 4. The minimum absolute atomic E-state index is 0.0386. The molecule has 85 heavy (non-hydrogen) atoms. The van der Waals surface area contributed by atoms with E-state index in [0.717, 1.165) is 24.3 Å². The maximum Gasteiger partial charge on any atom is 0.457 e. The van der Waals surface area contributed by atoms with Crippen molar-refractivity contribution in [3.8, 4) is 24.3 Å². The van der Waals surface area contributed by atoms with Gasteiger partial charge in [0.25, 0.3) is 29.2 Å². The molecule has 0 saturated heterocycles. The highest BCUT2D eigenvalue weighted by Crippen LogP contribution is 2.59. The van der Waals surface area contributed by atoms with Gasteiger partial charge in [-0.05, 0) is 154 Å². The van der Waals surface area contributed by atoms with Gasteiger partial charge in [-0.1, -0.05) is 23.2 Å². The zero-order chi connectivity index (χ0) is 64.3. The lowest BCUT2D eigenvalue weighted by molar-refractivity contribution is -0.389. The number of alkyl halides is 15. The highest BCUT2D eigenvalue weighted by molar-refractivity contribution is 9.11. The van der Waals surface area contributed by atoms with Crippen LogP contribution in [-0.2, 0) is 11.3 Å². The lowest BCUT2D eigenvalue weighted by Gasteiger charge is -2.36. The molecule has 0 fully saturated rings. The van der Waals surface area contributed by atoms with Crippen molar-refractivity contribution in [2.75, 3.05) is 21.3 Å². The minimum atomic E-state index is -6.95. The molecule has 0 radical (unpaired) electrons. The fourth-order valence-electron chi connectivity index (χ4n) is 7.50. The van der Waals surface area contributed by atoms with Crippen molar-refractivity contribution in [1.82, 2.24) is 0 Å². The standard InChI is InChI=1S/C27H13BrClF9N4O2.C26H14BrClF6N4O3/c1-12-6-13(10-39)2-5-17(12)23(44)41-20-7-14(3-4-15(20)11-40)22(43)42-21-18(28)8-16(9-19(21)29)24(30,26(33,34)35)25(31,32)27(36,37)38;1-12-6-13(10-35)2-5-17(12)23(40)37-20-7-14(3-4-15(20)11-36)22(39)38-21-18(27)8-16(9-19(21)28)24(41,25(29,30)31)26(32,33)34/h2-9H,1H3,(H,41,44)(H,42,43);2-9,41H,1H3,(H,37,40)(H,38,39). The quantitative estimate of drug-likeness (QED) is 0.0775. The third-order valence-corrected chi connectivity index (χ3v) is 13.7. The molecule has 0 spiro atoms. The number of aliphatic hydroxyl groups is 1. The first-order valence-corrected chi connectivity index (χ1v) is 24.9. The molecule has 4 amide bonds. The summed E-state index contributed by atoms with van der Waals surface area (Å²) in [4.78, 5) is 51.5. The lowest BCUT2D eigenvalue weighted by atomic mass is 9.87. The first-order valence-electron chi connectivity index (χ1n) is 22.5. The van der Waals surface area contributed by atoms with Crippen molar-refractivity contribution in [1.29, 1.82) is 21.0 Å². The predicted molar refractivity (Wildman–Crippen MR) is 280 cm³/mol. The van der Waals surface area contributed by atoms with E-state index in [2.05, 4.69) is 53.1 Å². The molecule has 32 heteroatoms. The summed E-state index contributed by atoms with van der Waals surface area (Å²) in [6, 6.07) is 23.0. The number of benzene rings is 6. The van der Waals surface area contributed by atoms with Crippen LogP contribution in [0.25, 0.3) is 0 Å². The molecule has 0 aliphatic rings. The van der Waals surface area contributed by atoms with E-state index in [1.54, 1.807) is 19.9 Å². The van der Waals surface area contributed by atoms with E-state index >= 15 is 0 Å². The summed E-state index contributed by atoms with van der Waals surface area (Å²) in [5, 5.41) is 53.9. The summed E-state index contributed by atoms with van der Waals surface area (Å²) in [6.07, 6.45) is -26.0. The molecular formula is C53H27Br2Cl2F15N8O5. The number of aryl methyl sites for hydroxylation is 2. The zero-order valence-electron chi connectivity index (χ0n) is 41.8. The van der Waals surface area contributed by atoms with E-state index in [-0.39, 0.29) is 68.5 Å². The molecule has 0 aliphatic carbocycles. The van der Waals surface area contributed by atoms with Crippen molar-refractivity contribution in [3.63, 3.8) is 0 Å². The topological polar surface area (TPSA) is 232 Å². The van der Waals surface area contributed by atoms with Crippen molar-refractivity contribution < 1.29 is 90.1 Å². The van der Waals surface area contributed by atoms with Gasteiger partial charge in [0.15, 0.2) is 0 Å². The Labute approximate surface area is 494 Å². The molecule has 1 unspecified atom stereocenters. The number of nitriles is 4. The minimum Gasteiger partial charge on any atom is -0.369 e. The molecular weight excluding hydrogens is 1340 g/mol. The molecule has 442 valence electrons. The third-order valence-electron chi connectivity index (χ3n) is 11.9. The van der Waals surface area contributed by atoms with Gasteiger partial charge < -0.3 is 26.4 Å². The first-order chi connectivity index (χ1) is 39.1. The Hall–Kier alpha value is -8.39. The smallest absolute Gasteiger partial charge is 0.369 e. The van der Waals surface area contributed by atoms with Gasteiger partial charge in [0, 0.05) is 42.3 Å². The van der Waals surface area contributed by atoms with Crippen LogP contribution in [-0.4, -0.2) is 59.4 Å². The number of carbonyl (C=O) groups is 4. The largest absolute Gasteiger partial charge is 0.457 e. The molecule has 0 aliphatic heterocycles. The van der Waals surface area contributed by atoms with E-state index in [9.17, 15) is 101 Å². The molecule has 0 heterocycles. The van der Waals surface area contributed by atoms with Crippen LogP contribution in [0.4, 0.5) is 88.6 Å². The molecule has 6 rings (SSSR count). The van der Waals surface area contributed by atoms with Gasteiger partial charge in [0.05, 0.1) is 67.2 Å². The average molecular weight is 1370 g/mol. The Balaban J connectivity index is 0.000000311. The van der Waals surface area contributed by atoms with Crippen LogP contribution in [0, 0.1) is 59.2 Å². The van der Waals surface area contributed by atoms with Gasteiger partial charge in [0.1, 0.15) is 12.1 Å². The first kappa shape index (κ1) is 67.4. The Bertz CT molecular complexity index is 3830. The molecule has 5 N–H and O–H groups in total. The monoisotopic (exact) mass is 1370 g/mol. The molecule has 1 atom stereocenters. The van der Waals surface area contributed by atoms with Crippen LogP contribution < -0.4 is 21.3 Å². The van der Waals surface area contributed by atoms with Gasteiger partial charge in [0.2, 0.25) is 0 Å². The fourth-order valence-corrected chi connectivity index (χ4v) is 9.38. The second kappa shape index (κ2) is 25.1. The van der Waals surface area contributed by atoms with Gasteiger partial charge in [-0.25, -0.2) is 4.39 Å². The normalized spacial score (nSPS) is 12.6. The summed E-state index contributed by atoms with van der Waals surface area (Å²) in [6.45, 7) is 3.13. The van der Waals surface area contributed by atoms with Crippen LogP contribution in [0.3, 0.4) is 0 Å². The average Bonchev–Trinajstić information content (AvgIpc) is 0.846. The van der Waals surface area contributed by atoms with Gasteiger partial charge in [-0.3, -0.25) is 19.2 Å². The molecule has 6 aromatic rings. The highest BCUT2D eigenvalue weighted by atomic mass is 79.9. The SMILES string of the molecule is Cc1cc(C#N)ccc1C(=O)Nc1cc(C(=O)Nc2c(Cl)cc(C(F)(C(F)(F)F)C(F)(F)C(F)(F)F)cc2Br)ccc1C#N.Cc1cc(C#N)ccc1C(=O)Nc1cc(C(=O)Nc2c(Cl)cc(C(O)(C(F)(F)F)C(F)(F)F)cc2Br)ccc1C#N. The summed E-state index contributed by atoms with van der Waals surface area (Å²) in [7, 11) is 0. The van der Waals surface area contributed by atoms with E-state index in [0.29, 0.717) is 22.8 Å². The predicted octanol–water partition coefficient (Wildman–Crippen LogP) is 15.6. The summed E-state index contributed by atoms with van der Waals surface area (Å²) < 4.78 is 200. The summed E-state index contributed by atoms with van der Waals surface area (Å²) >= 11 is 17.1. The van der Waals surface area contributed by atoms with E-state index in [1.165, 1.54) is 48.5 Å². The second-order valence-electron chi connectivity index (χ2n) is 17.4. The Morgan fingerprint density at radius 2 is 0.824 bits per heavy atom. The Kier molecular flexibility index (Phi) is 19.9. The maximum atomic E-state index is 14.9. The Morgan fingerprint density at radius 3 is 1.13 bits per heavy atom. The fraction of sp³-hybridized carbons (Fsp3) is 0.170. The van der Waals surface area contributed by atoms with Crippen molar-refractivity contribution in [2.45, 2.75) is 55.7 Å². The van der Waals surface area contributed by atoms with E-state index in [4.69, 9.17) is 33.7 Å². The van der Waals surface area contributed by atoms with Crippen LogP contribution >= 0.6 is 55.1 Å². The van der Waals surface area contributed by atoms with Crippen LogP contribution in [0.1, 0.15) is 85.9 Å². The number of amides is 4. The number of hydrogen-bond acceptors (Lipinski definition) is 9. The van der Waals surface area contributed by atoms with Crippen molar-refractivity contribution >= 4 is 101 Å². The van der Waals surface area contributed by atoms with Crippen LogP contribution in [0.5, 0.6) is 0 Å². The number of halogens is 19. The highest BCUT2D eigenvalue weighted by Gasteiger charge is 2.82. The van der Waals surface area contributed by atoms with E-state index < -0.39 is 107 Å². The molecule has 0 aromatic heterocycles. The van der Waals surface area contributed by atoms with Gasteiger partial charge in [-0.15, -0.1) is 0 Å². The van der Waals surface area contributed by atoms with Crippen molar-refractivity contribution in [3.05, 3.63) is 183 Å². The number of hydrogen-bond donors (Lipinski definition) is 5. The molecule has 13 nitrogen and oxygen atoms in total. The molecule has 0 saturated carbocycles. The molecule has 6 aromatic carbocycles. The Morgan fingerprint density at radius 1 is 0.459 bits per heavy atom. The number of rotatable bonds is 11. The number of nitrogens with zero attached hydrogens (tertiary/aromatic N) is 4. The van der Waals surface area contributed by atoms with Gasteiger partial charge in [-0.2, -0.15) is 82.5 Å². The van der Waals surface area contributed by atoms with Crippen molar-refractivity contribution in [2.24, 2.45) is 0 Å². The summed E-state index contributed by atoms with van der Waals surface area (Å²) in [5.41, 5.74) is -15.5. The summed E-state index contributed by atoms with van der Waals surface area (Å²) in [5.74, 6) is -10.4. The number of carbonyl (C=O) groups excluding carboxylic acids is 4. The van der Waals surface area contributed by atoms with Gasteiger partial charge >= 0.3 is 36.3 Å². The number of anilines is 4.